The fourth-order valence-corrected chi connectivity index (χ4v) is 2.46. The Labute approximate surface area is 131 Å². The van der Waals surface area contributed by atoms with E-state index in [1.54, 1.807) is 17.2 Å². The molecule has 3 heterocycles. The molecule has 120 valence electrons. The highest BCUT2D eigenvalue weighted by Gasteiger charge is 2.29. The summed E-state index contributed by atoms with van der Waals surface area (Å²) in [7, 11) is 0. The molecule has 1 fully saturated rings. The topological polar surface area (TPSA) is 108 Å². The number of nitrogens with one attached hydrogen (secondary N) is 2. The predicted molar refractivity (Wildman–Crippen MR) is 81.6 cm³/mol. The Morgan fingerprint density at radius 3 is 2.87 bits per heavy atom. The molecule has 2 aromatic heterocycles. The third-order valence-electron chi connectivity index (χ3n) is 3.59. The van der Waals surface area contributed by atoms with E-state index in [2.05, 4.69) is 9.97 Å². The molecule has 0 spiro atoms. The van der Waals surface area contributed by atoms with Gasteiger partial charge in [-0.05, 0) is 12.5 Å². The molecular formula is C15H16N4O4. The highest BCUT2D eigenvalue weighted by molar-refractivity contribution is 5.92. The molecule has 1 saturated heterocycles. The molecule has 0 bridgehead atoms. The molecule has 1 aliphatic rings. The van der Waals surface area contributed by atoms with Crippen LogP contribution in [0.4, 0.5) is 0 Å². The van der Waals surface area contributed by atoms with Crippen molar-refractivity contribution in [2.24, 2.45) is 0 Å². The fourth-order valence-electron chi connectivity index (χ4n) is 2.46. The van der Waals surface area contributed by atoms with Gasteiger partial charge in [0.2, 0.25) is 5.88 Å². The van der Waals surface area contributed by atoms with Crippen LogP contribution in [0.5, 0.6) is 5.88 Å². The number of ether oxygens (including phenoxy) is 1. The Kier molecular flexibility index (Phi) is 3.96. The van der Waals surface area contributed by atoms with Gasteiger partial charge in [0.05, 0.1) is 6.54 Å². The average molecular weight is 316 g/mol. The number of pyridine rings is 1. The minimum absolute atomic E-state index is 0.0205. The van der Waals surface area contributed by atoms with Crippen molar-refractivity contribution in [3.63, 3.8) is 0 Å². The first-order chi connectivity index (χ1) is 11.0. The van der Waals surface area contributed by atoms with E-state index in [0.29, 0.717) is 25.4 Å². The van der Waals surface area contributed by atoms with Crippen molar-refractivity contribution in [2.45, 2.75) is 19.4 Å². The Balaban J connectivity index is 1.67. The Hall–Kier alpha value is -2.90. The second-order valence-electron chi connectivity index (χ2n) is 5.45. The van der Waals surface area contributed by atoms with Gasteiger partial charge in [-0.25, -0.2) is 9.78 Å². The van der Waals surface area contributed by atoms with Crippen LogP contribution in [0.2, 0.25) is 0 Å². The number of likely N-dealkylation sites (tertiary alicyclic amines) is 1. The molecule has 2 N–H and O–H groups in total. The number of amides is 1. The molecule has 0 aromatic carbocycles. The Morgan fingerprint density at radius 2 is 2.17 bits per heavy atom. The molecule has 0 aliphatic carbocycles. The molecule has 8 nitrogen and oxygen atoms in total. The van der Waals surface area contributed by atoms with E-state index in [4.69, 9.17) is 4.74 Å². The standard InChI is InChI=1S/C15H16N4O4/c1-9-2-3-13(16-7-9)23-10-4-5-19(8-10)14(21)11-6-12(20)18-15(22)17-11/h2-3,6-7,10H,4-5,8H2,1H3,(H2,17,18,20,22). The second-order valence-corrected chi connectivity index (χ2v) is 5.45. The van der Waals surface area contributed by atoms with Gasteiger partial charge in [-0.1, -0.05) is 6.07 Å². The summed E-state index contributed by atoms with van der Waals surface area (Å²) in [5, 5.41) is 0. The van der Waals surface area contributed by atoms with Crippen LogP contribution in [0, 0.1) is 6.92 Å². The van der Waals surface area contributed by atoms with Gasteiger partial charge in [0.15, 0.2) is 0 Å². The van der Waals surface area contributed by atoms with Gasteiger partial charge in [0, 0.05) is 31.3 Å². The summed E-state index contributed by atoms with van der Waals surface area (Å²) < 4.78 is 5.75. The van der Waals surface area contributed by atoms with Crippen molar-refractivity contribution in [3.8, 4) is 5.88 Å². The van der Waals surface area contributed by atoms with Crippen molar-refractivity contribution in [2.75, 3.05) is 13.1 Å². The van der Waals surface area contributed by atoms with Crippen molar-refractivity contribution in [1.29, 1.82) is 0 Å². The van der Waals surface area contributed by atoms with Crippen LogP contribution < -0.4 is 16.0 Å². The van der Waals surface area contributed by atoms with Crippen LogP contribution in [-0.4, -0.2) is 45.0 Å². The lowest BCUT2D eigenvalue weighted by Crippen LogP contribution is -2.34. The summed E-state index contributed by atoms with van der Waals surface area (Å²) in [6.45, 7) is 2.81. The summed E-state index contributed by atoms with van der Waals surface area (Å²) in [4.78, 5) is 44.9. The first kappa shape index (κ1) is 15.0. The van der Waals surface area contributed by atoms with Crippen LogP contribution in [0.15, 0.2) is 34.0 Å². The van der Waals surface area contributed by atoms with E-state index in [9.17, 15) is 14.4 Å². The highest BCUT2D eigenvalue weighted by atomic mass is 16.5. The molecule has 0 radical (unpaired) electrons. The first-order valence-electron chi connectivity index (χ1n) is 7.23. The molecule has 1 aliphatic heterocycles. The van der Waals surface area contributed by atoms with E-state index in [1.165, 1.54) is 0 Å². The van der Waals surface area contributed by atoms with E-state index in [-0.39, 0.29) is 11.8 Å². The lowest BCUT2D eigenvalue weighted by atomic mass is 10.3. The summed E-state index contributed by atoms with van der Waals surface area (Å²) in [5.41, 5.74) is -0.281. The average Bonchev–Trinajstić information content (AvgIpc) is 2.96. The maximum atomic E-state index is 12.3. The third kappa shape index (κ3) is 3.47. The SMILES string of the molecule is Cc1ccc(OC2CCN(C(=O)c3cc(=O)[nH]c(=O)[nH]3)C2)nc1. The van der Waals surface area contributed by atoms with Gasteiger partial charge >= 0.3 is 5.69 Å². The molecule has 1 unspecified atom stereocenters. The van der Waals surface area contributed by atoms with Gasteiger partial charge in [0.25, 0.3) is 11.5 Å². The van der Waals surface area contributed by atoms with E-state index in [1.807, 2.05) is 18.0 Å². The van der Waals surface area contributed by atoms with Crippen molar-refractivity contribution in [3.05, 3.63) is 56.5 Å². The number of carbonyl (C=O) groups excluding carboxylic acids is 1. The molecule has 2 aromatic rings. The maximum Gasteiger partial charge on any atom is 0.326 e. The zero-order chi connectivity index (χ0) is 16.4. The number of carbonyl (C=O) groups is 1. The van der Waals surface area contributed by atoms with Crippen molar-refractivity contribution in [1.82, 2.24) is 19.9 Å². The van der Waals surface area contributed by atoms with Gasteiger partial charge in [-0.15, -0.1) is 0 Å². The van der Waals surface area contributed by atoms with Crippen molar-refractivity contribution < 1.29 is 9.53 Å². The predicted octanol–water partition coefficient (Wildman–Crippen LogP) is 0.0601. The van der Waals surface area contributed by atoms with Gasteiger partial charge < -0.3 is 14.6 Å². The number of hydrogen-bond donors (Lipinski definition) is 2. The van der Waals surface area contributed by atoms with Gasteiger partial charge in [-0.3, -0.25) is 14.6 Å². The maximum absolute atomic E-state index is 12.3. The lowest BCUT2D eigenvalue weighted by molar-refractivity contribution is 0.0764. The van der Waals surface area contributed by atoms with Crippen LogP contribution in [0.3, 0.4) is 0 Å². The number of aromatic nitrogens is 3. The molecule has 23 heavy (non-hydrogen) atoms. The molecule has 8 heteroatoms. The number of rotatable bonds is 3. The van der Waals surface area contributed by atoms with Crippen LogP contribution >= 0.6 is 0 Å². The lowest BCUT2D eigenvalue weighted by Gasteiger charge is -2.16. The van der Waals surface area contributed by atoms with Crippen molar-refractivity contribution >= 4 is 5.91 Å². The van der Waals surface area contributed by atoms with E-state index >= 15 is 0 Å². The fraction of sp³-hybridized carbons (Fsp3) is 0.333. The van der Waals surface area contributed by atoms with Crippen LogP contribution in [0.1, 0.15) is 22.5 Å². The number of H-pyrrole nitrogens is 2. The number of nitrogens with zero attached hydrogens (tertiary/aromatic N) is 2. The summed E-state index contributed by atoms with van der Waals surface area (Å²) in [5.74, 6) is 0.121. The Bertz CT molecular complexity index is 796. The summed E-state index contributed by atoms with van der Waals surface area (Å²) in [6.07, 6.45) is 2.21. The summed E-state index contributed by atoms with van der Waals surface area (Å²) in [6, 6.07) is 4.77. The number of hydrogen-bond acceptors (Lipinski definition) is 5. The quantitative estimate of drug-likeness (QED) is 0.832. The van der Waals surface area contributed by atoms with E-state index < -0.39 is 17.2 Å². The Morgan fingerprint density at radius 1 is 1.35 bits per heavy atom. The van der Waals surface area contributed by atoms with Gasteiger partial charge in [-0.2, -0.15) is 0 Å². The minimum atomic E-state index is -0.697. The zero-order valence-corrected chi connectivity index (χ0v) is 12.5. The van der Waals surface area contributed by atoms with Crippen LogP contribution in [0.25, 0.3) is 0 Å². The largest absolute Gasteiger partial charge is 0.472 e. The summed E-state index contributed by atoms with van der Waals surface area (Å²) >= 11 is 0. The third-order valence-corrected chi connectivity index (χ3v) is 3.59. The van der Waals surface area contributed by atoms with Crippen LogP contribution in [-0.2, 0) is 0 Å². The molecular weight excluding hydrogens is 300 g/mol. The minimum Gasteiger partial charge on any atom is -0.472 e. The highest BCUT2D eigenvalue weighted by Crippen LogP contribution is 2.17. The van der Waals surface area contributed by atoms with Gasteiger partial charge in [0.1, 0.15) is 11.8 Å². The first-order valence-corrected chi connectivity index (χ1v) is 7.23. The zero-order valence-electron chi connectivity index (χ0n) is 12.5. The molecule has 1 amide bonds. The molecule has 1 atom stereocenters. The molecule has 3 rings (SSSR count). The monoisotopic (exact) mass is 316 g/mol. The normalized spacial score (nSPS) is 17.3. The van der Waals surface area contributed by atoms with E-state index in [0.717, 1.165) is 11.6 Å². The smallest absolute Gasteiger partial charge is 0.326 e. The molecule has 0 saturated carbocycles. The second kappa shape index (κ2) is 6.07. The number of aromatic amines is 2. The number of aryl methyl sites for hydroxylation is 1.